The fraction of sp³-hybridized carbons (Fsp3) is 0.450. The zero-order valence-electron chi connectivity index (χ0n) is 17.4. The average molecular weight is 466 g/mol. The van der Waals surface area contributed by atoms with E-state index >= 15 is 0 Å². The minimum Gasteiger partial charge on any atom is -0.479 e. The second-order valence-corrected chi connectivity index (χ2v) is 9.42. The van der Waals surface area contributed by atoms with Gasteiger partial charge in [-0.15, -0.1) is 0 Å². The van der Waals surface area contributed by atoms with Gasteiger partial charge < -0.3 is 14.0 Å². The molecule has 0 spiro atoms. The Labute approximate surface area is 176 Å². The van der Waals surface area contributed by atoms with Gasteiger partial charge in [-0.3, -0.25) is 0 Å². The molecule has 0 saturated carbocycles. The fourth-order valence-electron chi connectivity index (χ4n) is 3.02. The lowest BCUT2D eigenvalue weighted by Crippen LogP contribution is -2.31. The Morgan fingerprint density at radius 1 is 1.16 bits per heavy atom. The van der Waals surface area contributed by atoms with Gasteiger partial charge in [-0.05, 0) is 62.8 Å². The number of ether oxygens (including phenoxy) is 1. The molecule has 0 fully saturated rings. The fourth-order valence-corrected chi connectivity index (χ4v) is 3.51. The first-order valence-corrected chi connectivity index (χ1v) is 10.6. The second kappa shape index (κ2) is 8.27. The number of hydrogen-bond acceptors (Lipinski definition) is 5. The van der Waals surface area contributed by atoms with Crippen LogP contribution in [0.3, 0.4) is 0 Å². The molecule has 0 aliphatic heterocycles. The van der Waals surface area contributed by atoms with Crippen molar-refractivity contribution in [2.75, 3.05) is 0 Å². The molecule has 0 aliphatic rings. The van der Waals surface area contributed by atoms with E-state index in [9.17, 15) is 35.9 Å². The number of aliphatic carboxylic acids is 1. The number of carboxylic acid groups (broad SMARTS) is 1. The highest BCUT2D eigenvalue weighted by Gasteiger charge is 2.49. The highest BCUT2D eigenvalue weighted by atomic mass is 32.2. The number of carbonyl (C=O) groups is 1. The first kappa shape index (κ1) is 24.9. The Kier molecular flexibility index (Phi) is 6.63. The molecule has 2 aromatic carbocycles. The van der Waals surface area contributed by atoms with E-state index in [1.807, 2.05) is 0 Å². The Balaban J connectivity index is 2.96. The largest absolute Gasteiger partial charge is 0.534 e. The molecular formula is C20H22F4O6S. The summed E-state index contributed by atoms with van der Waals surface area (Å²) in [6.07, 6.45) is -1.61. The van der Waals surface area contributed by atoms with Crippen molar-refractivity contribution in [2.24, 2.45) is 0 Å². The normalized spacial score (nSPS) is 14.0. The molecule has 0 aromatic heterocycles. The summed E-state index contributed by atoms with van der Waals surface area (Å²) in [6, 6.07) is 3.58. The van der Waals surface area contributed by atoms with Gasteiger partial charge in [-0.2, -0.15) is 21.6 Å². The molecule has 11 heteroatoms. The topological polar surface area (TPSA) is 89.9 Å². The quantitative estimate of drug-likeness (QED) is 0.365. The number of fused-ring (bicyclic) bond motifs is 1. The van der Waals surface area contributed by atoms with Crippen LogP contribution in [0.1, 0.15) is 50.5 Å². The van der Waals surface area contributed by atoms with Crippen molar-refractivity contribution >= 4 is 26.9 Å². The molecule has 0 amide bonds. The van der Waals surface area contributed by atoms with Crippen molar-refractivity contribution in [3.05, 3.63) is 40.7 Å². The van der Waals surface area contributed by atoms with Crippen molar-refractivity contribution < 1.29 is 44.8 Å². The number of alkyl halides is 3. The number of benzene rings is 2. The van der Waals surface area contributed by atoms with E-state index in [1.165, 1.54) is 39.8 Å². The lowest BCUT2D eigenvalue weighted by Gasteiger charge is -2.28. The molecule has 6 nitrogen and oxygen atoms in total. The molecule has 1 atom stereocenters. The summed E-state index contributed by atoms with van der Waals surface area (Å²) in [7, 11) is -6.18. The Morgan fingerprint density at radius 2 is 1.74 bits per heavy atom. The Bertz CT molecular complexity index is 1120. The second-order valence-electron chi connectivity index (χ2n) is 7.89. The first-order chi connectivity index (χ1) is 14.0. The lowest BCUT2D eigenvalue weighted by molar-refractivity contribution is -0.160. The van der Waals surface area contributed by atoms with Gasteiger partial charge in [0.05, 0.1) is 5.60 Å². The van der Waals surface area contributed by atoms with E-state index in [1.54, 1.807) is 6.92 Å². The summed E-state index contributed by atoms with van der Waals surface area (Å²) >= 11 is 0. The molecule has 0 radical (unpaired) electrons. The Hall–Kier alpha value is -2.40. The van der Waals surface area contributed by atoms with Crippen LogP contribution in [0, 0.1) is 12.7 Å². The van der Waals surface area contributed by atoms with Crippen molar-refractivity contribution in [1.29, 1.82) is 0 Å². The SMILES string of the molecule is CCc1cc2cc(C)c(C(OC(C)(C)C)C(=O)O)c(OS(=O)(=O)C(F)(F)F)c2cc1F. The van der Waals surface area contributed by atoms with E-state index in [2.05, 4.69) is 4.18 Å². The van der Waals surface area contributed by atoms with Crippen molar-refractivity contribution in [3.63, 3.8) is 0 Å². The summed E-state index contributed by atoms with van der Waals surface area (Å²) in [5.74, 6) is -3.33. The van der Waals surface area contributed by atoms with E-state index < -0.39 is 50.4 Å². The molecule has 0 aliphatic carbocycles. The molecular weight excluding hydrogens is 444 g/mol. The predicted molar refractivity (Wildman–Crippen MR) is 105 cm³/mol. The summed E-state index contributed by atoms with van der Waals surface area (Å²) in [5, 5.41) is 9.54. The molecule has 2 rings (SSSR count). The molecule has 31 heavy (non-hydrogen) atoms. The monoisotopic (exact) mass is 466 g/mol. The van der Waals surface area contributed by atoms with Crippen LogP contribution in [0.2, 0.25) is 0 Å². The molecule has 2 aromatic rings. The third kappa shape index (κ3) is 5.27. The third-order valence-electron chi connectivity index (χ3n) is 4.32. The smallest absolute Gasteiger partial charge is 0.479 e. The lowest BCUT2D eigenvalue weighted by atomic mass is 9.94. The summed E-state index contributed by atoms with van der Waals surface area (Å²) in [5.41, 5.74) is -6.96. The summed E-state index contributed by atoms with van der Waals surface area (Å²) in [6.45, 7) is 7.58. The van der Waals surface area contributed by atoms with Crippen LogP contribution < -0.4 is 4.18 Å². The van der Waals surface area contributed by atoms with Gasteiger partial charge in [0.2, 0.25) is 0 Å². The highest BCUT2D eigenvalue weighted by Crippen LogP contribution is 2.42. The number of aryl methyl sites for hydroxylation is 2. The van der Waals surface area contributed by atoms with Gasteiger partial charge in [0, 0.05) is 10.9 Å². The van der Waals surface area contributed by atoms with Crippen LogP contribution in [-0.4, -0.2) is 30.6 Å². The average Bonchev–Trinajstić information content (AvgIpc) is 2.58. The maximum absolute atomic E-state index is 14.5. The van der Waals surface area contributed by atoms with Gasteiger partial charge in [0.15, 0.2) is 11.9 Å². The summed E-state index contributed by atoms with van der Waals surface area (Å²) < 4.78 is 87.0. The van der Waals surface area contributed by atoms with Crippen molar-refractivity contribution in [2.45, 2.75) is 58.3 Å². The third-order valence-corrected chi connectivity index (χ3v) is 5.27. The van der Waals surface area contributed by atoms with Gasteiger partial charge in [-0.1, -0.05) is 13.0 Å². The molecule has 172 valence electrons. The number of halogens is 4. The standard InChI is InChI=1S/C20H22F4O6S/c1-6-11-8-12-7-10(2)15(17(18(25)26)29-19(3,4)5)16(13(12)9-14(11)21)30-31(27,28)20(22,23)24/h7-9,17H,6H2,1-5H3,(H,25,26). The highest BCUT2D eigenvalue weighted by molar-refractivity contribution is 7.88. The minimum absolute atomic E-state index is 0.102. The summed E-state index contributed by atoms with van der Waals surface area (Å²) in [4.78, 5) is 11.9. The van der Waals surface area contributed by atoms with E-state index in [4.69, 9.17) is 4.74 Å². The van der Waals surface area contributed by atoms with Crippen LogP contribution in [0.4, 0.5) is 17.6 Å². The minimum atomic E-state index is -6.18. The maximum Gasteiger partial charge on any atom is 0.534 e. The van der Waals surface area contributed by atoms with Crippen molar-refractivity contribution in [3.8, 4) is 5.75 Å². The zero-order valence-corrected chi connectivity index (χ0v) is 18.2. The van der Waals surface area contributed by atoms with Crippen LogP contribution in [-0.2, 0) is 26.1 Å². The first-order valence-electron chi connectivity index (χ1n) is 9.15. The zero-order chi connectivity index (χ0) is 23.9. The number of carboxylic acids is 1. The Morgan fingerprint density at radius 3 is 2.19 bits per heavy atom. The van der Waals surface area contributed by atoms with Gasteiger partial charge in [-0.25, -0.2) is 9.18 Å². The maximum atomic E-state index is 14.5. The van der Waals surface area contributed by atoms with Crippen LogP contribution in [0.15, 0.2) is 18.2 Å². The van der Waals surface area contributed by atoms with Crippen molar-refractivity contribution in [1.82, 2.24) is 0 Å². The predicted octanol–water partition coefficient (Wildman–Crippen LogP) is 5.02. The van der Waals surface area contributed by atoms with E-state index in [0.717, 1.165) is 6.07 Å². The van der Waals surface area contributed by atoms with E-state index in [0.29, 0.717) is 0 Å². The van der Waals surface area contributed by atoms with Gasteiger partial charge in [0.1, 0.15) is 5.82 Å². The van der Waals surface area contributed by atoms with Gasteiger partial charge in [0.25, 0.3) is 0 Å². The van der Waals surface area contributed by atoms with Crippen LogP contribution in [0.25, 0.3) is 10.8 Å². The molecule has 1 unspecified atom stereocenters. The van der Waals surface area contributed by atoms with Crippen LogP contribution in [0.5, 0.6) is 5.75 Å². The molecule has 0 saturated heterocycles. The number of rotatable bonds is 6. The van der Waals surface area contributed by atoms with E-state index in [-0.39, 0.29) is 28.3 Å². The molecule has 0 bridgehead atoms. The van der Waals surface area contributed by atoms with Gasteiger partial charge >= 0.3 is 21.6 Å². The molecule has 1 N–H and O–H groups in total. The molecule has 0 heterocycles. The van der Waals surface area contributed by atoms with Crippen LogP contribution >= 0.6 is 0 Å². The number of hydrogen-bond donors (Lipinski definition) is 1.